The van der Waals surface area contributed by atoms with E-state index in [1.165, 1.54) is 12.4 Å². The minimum absolute atomic E-state index is 0.0519. The number of rotatable bonds is 6. The summed E-state index contributed by atoms with van der Waals surface area (Å²) in [6, 6.07) is 6.69. The number of aromatic nitrogens is 2. The van der Waals surface area contributed by atoms with Crippen molar-refractivity contribution < 1.29 is 4.39 Å². The third-order valence-electron chi connectivity index (χ3n) is 3.03. The van der Waals surface area contributed by atoms with Gasteiger partial charge in [-0.2, -0.15) is 0 Å². The molecule has 106 valence electrons. The van der Waals surface area contributed by atoms with Crippen LogP contribution in [-0.2, 0) is 6.42 Å². The molecule has 1 unspecified atom stereocenters. The third kappa shape index (κ3) is 4.08. The number of hydrogen-bond donors (Lipinski definition) is 1. The molecule has 0 aliphatic heterocycles. The molecule has 0 fully saturated rings. The summed E-state index contributed by atoms with van der Waals surface area (Å²) in [4.78, 5) is 8.24. The maximum atomic E-state index is 13.4. The number of halogens is 2. The highest BCUT2D eigenvalue weighted by molar-refractivity contribution is 9.10. The molecule has 0 saturated heterocycles. The van der Waals surface area contributed by atoms with Crippen LogP contribution in [0.2, 0.25) is 0 Å². The molecule has 1 heterocycles. The molecule has 5 heteroatoms. The maximum absolute atomic E-state index is 13.4. The van der Waals surface area contributed by atoms with Gasteiger partial charge < -0.3 is 5.32 Å². The molecule has 1 N–H and O–H groups in total. The molecule has 0 aliphatic carbocycles. The van der Waals surface area contributed by atoms with Gasteiger partial charge in [0.05, 0.1) is 11.7 Å². The van der Waals surface area contributed by atoms with Crippen molar-refractivity contribution in [3.63, 3.8) is 0 Å². The second-order valence-electron chi connectivity index (χ2n) is 4.58. The Kier molecular flexibility index (Phi) is 5.61. The van der Waals surface area contributed by atoms with Crippen molar-refractivity contribution in [1.82, 2.24) is 15.3 Å². The van der Waals surface area contributed by atoms with Crippen LogP contribution >= 0.6 is 15.9 Å². The zero-order valence-electron chi connectivity index (χ0n) is 11.3. The quantitative estimate of drug-likeness (QED) is 0.873. The Morgan fingerprint density at radius 2 is 2.20 bits per heavy atom. The van der Waals surface area contributed by atoms with Crippen molar-refractivity contribution in [2.75, 3.05) is 6.54 Å². The van der Waals surface area contributed by atoms with Crippen molar-refractivity contribution in [1.29, 1.82) is 0 Å². The van der Waals surface area contributed by atoms with Gasteiger partial charge in [0.25, 0.3) is 0 Å². The highest BCUT2D eigenvalue weighted by atomic mass is 79.9. The predicted molar refractivity (Wildman–Crippen MR) is 80.9 cm³/mol. The Balaban J connectivity index is 2.21. The molecule has 0 aliphatic rings. The van der Waals surface area contributed by atoms with Gasteiger partial charge in [-0.3, -0.25) is 0 Å². The van der Waals surface area contributed by atoms with E-state index in [9.17, 15) is 4.39 Å². The van der Waals surface area contributed by atoms with E-state index in [4.69, 9.17) is 0 Å². The van der Waals surface area contributed by atoms with Crippen LogP contribution in [0.4, 0.5) is 4.39 Å². The topological polar surface area (TPSA) is 37.8 Å². The Morgan fingerprint density at radius 3 is 2.90 bits per heavy atom. The van der Waals surface area contributed by atoms with Crippen LogP contribution in [0.25, 0.3) is 0 Å². The summed E-state index contributed by atoms with van der Waals surface area (Å²) in [6.45, 7) is 3.00. The van der Waals surface area contributed by atoms with Crippen LogP contribution in [0.15, 0.2) is 41.3 Å². The minimum Gasteiger partial charge on any atom is -0.308 e. The lowest BCUT2D eigenvalue weighted by molar-refractivity contribution is 0.514. The normalized spacial score (nSPS) is 12.3. The van der Waals surface area contributed by atoms with Gasteiger partial charge in [0.1, 0.15) is 12.1 Å². The van der Waals surface area contributed by atoms with Gasteiger partial charge in [-0.25, -0.2) is 14.4 Å². The molecule has 1 atom stereocenters. The summed E-state index contributed by atoms with van der Waals surface area (Å²) in [5.41, 5.74) is 1.85. The summed E-state index contributed by atoms with van der Waals surface area (Å²) in [5, 5.41) is 3.45. The molecule has 0 bridgehead atoms. The van der Waals surface area contributed by atoms with E-state index in [2.05, 4.69) is 38.1 Å². The van der Waals surface area contributed by atoms with Crippen molar-refractivity contribution >= 4 is 15.9 Å². The molecule has 1 aromatic carbocycles. The first-order valence-corrected chi connectivity index (χ1v) is 7.43. The average molecular weight is 338 g/mol. The first kappa shape index (κ1) is 15.1. The van der Waals surface area contributed by atoms with Crippen molar-refractivity contribution in [2.45, 2.75) is 25.8 Å². The first-order chi connectivity index (χ1) is 9.70. The Bertz CT molecular complexity index is 548. The minimum atomic E-state index is -0.222. The Hall–Kier alpha value is -1.33. The SMILES string of the molecule is CCCNC(Cc1cc(F)ccc1Br)c1ccncn1. The first-order valence-electron chi connectivity index (χ1n) is 6.64. The fourth-order valence-corrected chi connectivity index (χ4v) is 2.44. The Morgan fingerprint density at radius 1 is 1.35 bits per heavy atom. The molecule has 0 amide bonds. The van der Waals surface area contributed by atoms with E-state index >= 15 is 0 Å². The lowest BCUT2D eigenvalue weighted by atomic mass is 10.0. The summed E-state index contributed by atoms with van der Waals surface area (Å²) in [6.07, 6.45) is 4.97. The van der Waals surface area contributed by atoms with Gasteiger partial charge in [0.2, 0.25) is 0 Å². The van der Waals surface area contributed by atoms with Crippen LogP contribution in [0.1, 0.15) is 30.6 Å². The van der Waals surface area contributed by atoms with E-state index in [0.717, 1.165) is 28.7 Å². The van der Waals surface area contributed by atoms with Gasteiger partial charge >= 0.3 is 0 Å². The van der Waals surface area contributed by atoms with Crippen molar-refractivity contribution in [3.05, 3.63) is 58.3 Å². The van der Waals surface area contributed by atoms with Gasteiger partial charge in [0.15, 0.2) is 0 Å². The number of hydrogen-bond acceptors (Lipinski definition) is 3. The van der Waals surface area contributed by atoms with Crippen LogP contribution in [-0.4, -0.2) is 16.5 Å². The monoisotopic (exact) mass is 337 g/mol. The molecule has 3 nitrogen and oxygen atoms in total. The number of benzene rings is 1. The van der Waals surface area contributed by atoms with E-state index in [1.54, 1.807) is 18.3 Å². The standard InChI is InChI=1S/C15H17BrFN3/c1-2-6-19-15(14-5-7-18-10-20-14)9-11-8-12(17)3-4-13(11)16/h3-5,7-8,10,15,19H,2,6,9H2,1H3. The van der Waals surface area contributed by atoms with E-state index in [1.807, 2.05) is 6.07 Å². The third-order valence-corrected chi connectivity index (χ3v) is 3.81. The van der Waals surface area contributed by atoms with E-state index in [0.29, 0.717) is 6.42 Å². The van der Waals surface area contributed by atoms with Gasteiger partial charge in [-0.1, -0.05) is 22.9 Å². The van der Waals surface area contributed by atoms with E-state index < -0.39 is 0 Å². The van der Waals surface area contributed by atoms with Crippen LogP contribution in [0, 0.1) is 5.82 Å². The molecule has 0 radical (unpaired) electrons. The summed E-state index contributed by atoms with van der Waals surface area (Å²) in [5.74, 6) is -0.222. The fourth-order valence-electron chi connectivity index (χ4n) is 2.03. The second kappa shape index (κ2) is 7.45. The molecule has 1 aromatic heterocycles. The second-order valence-corrected chi connectivity index (χ2v) is 5.44. The molecule has 2 aromatic rings. The smallest absolute Gasteiger partial charge is 0.123 e. The molecule has 0 spiro atoms. The van der Waals surface area contributed by atoms with Crippen molar-refractivity contribution in [2.24, 2.45) is 0 Å². The fraction of sp³-hybridized carbons (Fsp3) is 0.333. The Labute approximate surface area is 126 Å². The highest BCUT2D eigenvalue weighted by Gasteiger charge is 2.15. The van der Waals surface area contributed by atoms with Gasteiger partial charge in [-0.05, 0) is 49.2 Å². The van der Waals surface area contributed by atoms with Gasteiger partial charge in [0, 0.05) is 10.7 Å². The molecular weight excluding hydrogens is 321 g/mol. The highest BCUT2D eigenvalue weighted by Crippen LogP contribution is 2.23. The lowest BCUT2D eigenvalue weighted by Gasteiger charge is -2.18. The van der Waals surface area contributed by atoms with Crippen molar-refractivity contribution in [3.8, 4) is 0 Å². The predicted octanol–water partition coefficient (Wildman–Crippen LogP) is 3.66. The zero-order valence-corrected chi connectivity index (χ0v) is 12.9. The maximum Gasteiger partial charge on any atom is 0.123 e. The number of nitrogens with one attached hydrogen (secondary N) is 1. The number of nitrogens with zero attached hydrogens (tertiary/aromatic N) is 2. The summed E-state index contributed by atoms with van der Waals surface area (Å²) >= 11 is 3.47. The summed E-state index contributed by atoms with van der Waals surface area (Å²) in [7, 11) is 0. The van der Waals surface area contributed by atoms with Gasteiger partial charge in [-0.15, -0.1) is 0 Å². The molecule has 0 saturated carbocycles. The molecule has 20 heavy (non-hydrogen) atoms. The molecule has 2 rings (SSSR count). The molecular formula is C15H17BrFN3. The van der Waals surface area contributed by atoms with Crippen LogP contribution in [0.5, 0.6) is 0 Å². The van der Waals surface area contributed by atoms with E-state index in [-0.39, 0.29) is 11.9 Å². The average Bonchev–Trinajstić information content (AvgIpc) is 2.48. The van der Waals surface area contributed by atoms with Crippen LogP contribution in [0.3, 0.4) is 0 Å². The largest absolute Gasteiger partial charge is 0.308 e. The lowest BCUT2D eigenvalue weighted by Crippen LogP contribution is -2.25. The van der Waals surface area contributed by atoms with Crippen LogP contribution < -0.4 is 5.32 Å². The summed E-state index contributed by atoms with van der Waals surface area (Å²) < 4.78 is 14.3. The zero-order chi connectivity index (χ0) is 14.4.